The van der Waals surface area contributed by atoms with Crippen LogP contribution in [0.15, 0.2) is 12.1 Å². The van der Waals surface area contributed by atoms with Crippen molar-refractivity contribution in [2.24, 2.45) is 0 Å². The Kier molecular flexibility index (Phi) is 2.47. The van der Waals surface area contributed by atoms with Gasteiger partial charge in [0.25, 0.3) is 0 Å². The summed E-state index contributed by atoms with van der Waals surface area (Å²) >= 11 is 4.13. The molecule has 0 atom stereocenters. The number of rotatable bonds is 1. The van der Waals surface area contributed by atoms with E-state index < -0.39 is 8.07 Å². The predicted octanol–water partition coefficient (Wildman–Crippen LogP) is 1.09. The molecule has 1 rings (SSSR count). The van der Waals surface area contributed by atoms with Crippen molar-refractivity contribution in [2.45, 2.75) is 19.6 Å². The first-order valence-corrected chi connectivity index (χ1v) is 7.89. The van der Waals surface area contributed by atoms with Gasteiger partial charge in [-0.3, -0.25) is 0 Å². The van der Waals surface area contributed by atoms with Crippen molar-refractivity contribution < 1.29 is 0 Å². The number of hydrogen-bond acceptors (Lipinski definition) is 1. The van der Waals surface area contributed by atoms with Crippen molar-refractivity contribution in [3.8, 4) is 0 Å². The minimum atomic E-state index is -0.994. The van der Waals surface area contributed by atoms with E-state index in [1.807, 2.05) is 11.3 Å². The Hall–Kier alpha value is 0.514. The van der Waals surface area contributed by atoms with Crippen molar-refractivity contribution >= 4 is 45.2 Å². The van der Waals surface area contributed by atoms with E-state index in [0.717, 1.165) is 0 Å². The van der Waals surface area contributed by atoms with Gasteiger partial charge in [-0.05, 0) is 0 Å². The molecular formula is C7H11LiSSi. The molecule has 0 nitrogen and oxygen atoms in total. The van der Waals surface area contributed by atoms with Crippen LogP contribution in [0.1, 0.15) is 0 Å². The normalized spacial score (nSPS) is 12.1. The molecule has 0 aliphatic heterocycles. The fraction of sp³-hybridized carbons (Fsp3) is 0.429. The van der Waals surface area contributed by atoms with Crippen LogP contribution in [0.4, 0.5) is 0 Å². The number of thiophene rings is 1. The van der Waals surface area contributed by atoms with Crippen LogP contribution in [0, 0.1) is 0 Å². The fourth-order valence-corrected chi connectivity index (χ4v) is 3.75. The molecule has 50 valence electrons. The van der Waals surface area contributed by atoms with Gasteiger partial charge in [0.15, 0.2) is 0 Å². The molecule has 1 aromatic rings. The van der Waals surface area contributed by atoms with Crippen LogP contribution in [0.3, 0.4) is 0 Å². The minimum absolute atomic E-state index is 0.994. The van der Waals surface area contributed by atoms with Crippen LogP contribution in [-0.2, 0) is 0 Å². The monoisotopic (exact) mass is 162 g/mol. The third-order valence-corrected chi connectivity index (χ3v) is 6.08. The Bertz CT molecular complexity index is 224. The zero-order valence-corrected chi connectivity index (χ0v) is 8.88. The standard InChI is InChI=1S/C7H11SSi.Li/c1-9(2,3)7-5-4-6-8-7;/h4-5H,1-3H3;. The van der Waals surface area contributed by atoms with Crippen molar-refractivity contribution in [1.29, 1.82) is 0 Å². The van der Waals surface area contributed by atoms with Gasteiger partial charge in [0.2, 0.25) is 0 Å². The van der Waals surface area contributed by atoms with E-state index in [1.165, 1.54) is 3.55 Å². The molecule has 0 fully saturated rings. The van der Waals surface area contributed by atoms with Gasteiger partial charge >= 0.3 is 77.0 Å². The fourth-order valence-electron chi connectivity index (χ4n) is 0.838. The quantitative estimate of drug-likeness (QED) is 0.542. The molecule has 1 heterocycles. The van der Waals surface area contributed by atoms with Crippen molar-refractivity contribution in [1.82, 2.24) is 0 Å². The zero-order chi connectivity index (χ0) is 7.78. The summed E-state index contributed by atoms with van der Waals surface area (Å²) in [6.07, 6.45) is 0. The zero-order valence-electron chi connectivity index (χ0n) is 7.06. The van der Waals surface area contributed by atoms with Gasteiger partial charge in [0, 0.05) is 0 Å². The third kappa shape index (κ3) is 2.00. The molecule has 0 aliphatic carbocycles. The molecule has 0 radical (unpaired) electrons. The summed E-state index contributed by atoms with van der Waals surface area (Å²) in [7, 11) is -0.994. The molecule has 10 heavy (non-hydrogen) atoms. The maximum atomic E-state index is 2.39. The van der Waals surface area contributed by atoms with Crippen LogP contribution in [0.25, 0.3) is 0 Å². The van der Waals surface area contributed by atoms with Crippen LogP contribution < -0.4 is 8.05 Å². The molecule has 0 aromatic carbocycles. The average molecular weight is 162 g/mol. The molecule has 1 aromatic heterocycles. The van der Waals surface area contributed by atoms with Crippen LogP contribution in [0.2, 0.25) is 19.6 Å². The van der Waals surface area contributed by atoms with Crippen LogP contribution in [-0.4, -0.2) is 25.8 Å². The molecule has 0 spiro atoms. The second kappa shape index (κ2) is 2.87. The molecule has 0 amide bonds. The molecular weight excluding hydrogens is 151 g/mol. The van der Waals surface area contributed by atoms with E-state index in [9.17, 15) is 0 Å². The summed E-state index contributed by atoms with van der Waals surface area (Å²) in [6, 6.07) is 4.50. The van der Waals surface area contributed by atoms with Crippen LogP contribution in [0.5, 0.6) is 0 Å². The molecule has 3 heteroatoms. The SMILES string of the molecule is [Li][c]1ccc([Si](C)(C)C)s1. The first-order chi connectivity index (χ1) is 4.50. The summed E-state index contributed by atoms with van der Waals surface area (Å²) in [4.78, 5) is 0. The van der Waals surface area contributed by atoms with Gasteiger partial charge in [0.05, 0.1) is 0 Å². The third-order valence-electron chi connectivity index (χ3n) is 1.48. The summed E-state index contributed by atoms with van der Waals surface area (Å²) in [5.74, 6) is 0. The summed E-state index contributed by atoms with van der Waals surface area (Å²) in [5.41, 5.74) is 0. The Morgan fingerprint density at radius 1 is 1.30 bits per heavy atom. The molecule has 0 bridgehead atoms. The van der Waals surface area contributed by atoms with Gasteiger partial charge in [-0.1, -0.05) is 0 Å². The Morgan fingerprint density at radius 3 is 2.10 bits per heavy atom. The van der Waals surface area contributed by atoms with Gasteiger partial charge in [-0.15, -0.1) is 0 Å². The molecule has 0 N–H and O–H groups in total. The first kappa shape index (κ1) is 8.61. The van der Waals surface area contributed by atoms with E-state index in [4.69, 9.17) is 0 Å². The molecule has 0 saturated carbocycles. The van der Waals surface area contributed by atoms with E-state index in [0.29, 0.717) is 0 Å². The maximum absolute atomic E-state index is 2.39. The summed E-state index contributed by atoms with van der Waals surface area (Å²) in [5, 5.41) is 0. The van der Waals surface area contributed by atoms with E-state index >= 15 is 0 Å². The second-order valence-electron chi connectivity index (χ2n) is 3.66. The van der Waals surface area contributed by atoms with Crippen molar-refractivity contribution in [3.63, 3.8) is 0 Å². The molecule has 0 unspecified atom stereocenters. The van der Waals surface area contributed by atoms with E-state index in [-0.39, 0.29) is 0 Å². The van der Waals surface area contributed by atoms with Crippen molar-refractivity contribution in [3.05, 3.63) is 12.1 Å². The van der Waals surface area contributed by atoms with Gasteiger partial charge in [0.1, 0.15) is 0 Å². The topological polar surface area (TPSA) is 0 Å². The average Bonchev–Trinajstić information content (AvgIpc) is 2.11. The van der Waals surface area contributed by atoms with Crippen molar-refractivity contribution in [2.75, 3.05) is 0 Å². The summed E-state index contributed by atoms with van der Waals surface area (Å²) in [6.45, 7) is 7.16. The van der Waals surface area contributed by atoms with Crippen LogP contribution >= 0.6 is 11.3 Å². The Balaban J connectivity index is 2.96. The Labute approximate surface area is 76.9 Å². The molecule has 0 aliphatic rings. The first-order valence-electron chi connectivity index (χ1n) is 3.57. The van der Waals surface area contributed by atoms with E-state index in [1.54, 1.807) is 4.50 Å². The van der Waals surface area contributed by atoms with Gasteiger partial charge < -0.3 is 0 Å². The van der Waals surface area contributed by atoms with E-state index in [2.05, 4.69) is 49.5 Å². The Morgan fingerprint density at radius 2 is 1.90 bits per heavy atom. The second-order valence-corrected chi connectivity index (χ2v) is 10.3. The van der Waals surface area contributed by atoms with Gasteiger partial charge in [-0.2, -0.15) is 0 Å². The van der Waals surface area contributed by atoms with Gasteiger partial charge in [-0.25, -0.2) is 0 Å². The predicted molar refractivity (Wildman–Crippen MR) is 52.7 cm³/mol. The summed E-state index contributed by atoms with van der Waals surface area (Å²) < 4.78 is 3.06. The number of hydrogen-bond donors (Lipinski definition) is 0. The molecule has 0 saturated heterocycles.